The Labute approximate surface area is 91.2 Å². The van der Waals surface area contributed by atoms with Crippen LogP contribution in [-0.4, -0.2) is 22.9 Å². The van der Waals surface area contributed by atoms with Crippen LogP contribution >= 0.6 is 54.7 Å². The molecule has 0 aliphatic heterocycles. The van der Waals surface area contributed by atoms with Gasteiger partial charge in [0.15, 0.2) is 0 Å². The third-order valence-electron chi connectivity index (χ3n) is 0.644. The first kappa shape index (κ1) is 13.2. The van der Waals surface area contributed by atoms with Crippen molar-refractivity contribution in [2.24, 2.45) is 0 Å². The largest absolute Gasteiger partial charge is 0.700 e. The van der Waals surface area contributed by atoms with Gasteiger partial charge in [-0.25, -0.2) is 0 Å². The van der Waals surface area contributed by atoms with Gasteiger partial charge in [-0.1, -0.05) is 32.2 Å². The highest BCUT2D eigenvalue weighted by molar-refractivity contribution is 7.33. The lowest BCUT2D eigenvalue weighted by molar-refractivity contribution is 0.212. The highest BCUT2D eigenvalue weighted by Crippen LogP contribution is 2.30. The van der Waals surface area contributed by atoms with Crippen LogP contribution in [0.1, 0.15) is 0 Å². The first-order valence-electron chi connectivity index (χ1n) is 2.81. The van der Waals surface area contributed by atoms with Crippen LogP contribution in [0.2, 0.25) is 0 Å². The predicted octanol–water partition coefficient (Wildman–Crippen LogP) is 3.28. The summed E-state index contributed by atoms with van der Waals surface area (Å²) in [6.45, 7) is 0. The molecular formula is C4H6Cl4O3P+. The van der Waals surface area contributed by atoms with Crippen LogP contribution in [-0.2, 0) is 13.6 Å². The lowest BCUT2D eigenvalue weighted by Crippen LogP contribution is -2.05. The fourth-order valence-corrected chi connectivity index (χ4v) is 1.53. The first-order chi connectivity index (χ1) is 5.60. The van der Waals surface area contributed by atoms with Gasteiger partial charge in [0.25, 0.3) is 0 Å². The fourth-order valence-electron chi connectivity index (χ4n) is 0.268. The van der Waals surface area contributed by atoms with Crippen LogP contribution in [0.3, 0.4) is 0 Å². The van der Waals surface area contributed by atoms with Gasteiger partial charge < -0.3 is 0 Å². The number of halogens is 4. The molecule has 0 amide bonds. The van der Waals surface area contributed by atoms with E-state index in [4.69, 9.17) is 46.4 Å². The molecule has 8 heteroatoms. The van der Waals surface area contributed by atoms with Crippen molar-refractivity contribution >= 4 is 54.7 Å². The maximum atomic E-state index is 10.8. The SMILES string of the molecule is O=[P+](OC(Cl)CCl)OC(Cl)CCl. The van der Waals surface area contributed by atoms with Crippen molar-refractivity contribution in [3.63, 3.8) is 0 Å². The van der Waals surface area contributed by atoms with E-state index in [1.165, 1.54) is 0 Å². The van der Waals surface area contributed by atoms with Gasteiger partial charge in [-0.2, -0.15) is 0 Å². The molecule has 72 valence electrons. The van der Waals surface area contributed by atoms with E-state index in [-0.39, 0.29) is 11.8 Å². The van der Waals surface area contributed by atoms with Crippen LogP contribution in [0.25, 0.3) is 0 Å². The van der Waals surface area contributed by atoms with Gasteiger partial charge in [0.2, 0.25) is 11.1 Å². The average molecular weight is 275 g/mol. The standard InChI is InChI=1S/C4H6Cl4O3P/c5-1-3(7)10-12(9)11-4(8)2-6/h3-4H,1-2H2/q+1. The highest BCUT2D eigenvalue weighted by Gasteiger charge is 2.29. The van der Waals surface area contributed by atoms with Gasteiger partial charge in [0.1, 0.15) is 0 Å². The second-order valence-electron chi connectivity index (χ2n) is 1.56. The zero-order valence-corrected chi connectivity index (χ0v) is 9.67. The predicted molar refractivity (Wildman–Crippen MR) is 50.5 cm³/mol. The van der Waals surface area contributed by atoms with E-state index >= 15 is 0 Å². The minimum Gasteiger partial charge on any atom is -0.122 e. The van der Waals surface area contributed by atoms with Crippen LogP contribution < -0.4 is 0 Å². The van der Waals surface area contributed by atoms with Crippen molar-refractivity contribution in [2.45, 2.75) is 11.1 Å². The van der Waals surface area contributed by atoms with E-state index in [1.54, 1.807) is 0 Å². The third-order valence-corrected chi connectivity index (χ3v) is 3.11. The molecule has 0 heterocycles. The van der Waals surface area contributed by atoms with E-state index in [0.29, 0.717) is 0 Å². The molecule has 12 heavy (non-hydrogen) atoms. The lowest BCUT2D eigenvalue weighted by Gasteiger charge is -1.96. The molecule has 0 N–H and O–H groups in total. The summed E-state index contributed by atoms with van der Waals surface area (Å²) in [6.07, 6.45) is 0. The van der Waals surface area contributed by atoms with E-state index in [2.05, 4.69) is 9.05 Å². The molecule has 0 spiro atoms. The van der Waals surface area contributed by atoms with Crippen molar-refractivity contribution in [1.82, 2.24) is 0 Å². The zero-order chi connectivity index (χ0) is 9.56. The molecule has 0 saturated heterocycles. The van der Waals surface area contributed by atoms with Crippen molar-refractivity contribution in [1.29, 1.82) is 0 Å². The molecule has 0 fully saturated rings. The molecule has 0 aliphatic carbocycles. The van der Waals surface area contributed by atoms with Gasteiger partial charge >= 0.3 is 8.25 Å². The van der Waals surface area contributed by atoms with Crippen LogP contribution in [0.5, 0.6) is 0 Å². The molecule has 0 bridgehead atoms. The smallest absolute Gasteiger partial charge is 0.122 e. The number of hydrogen-bond acceptors (Lipinski definition) is 3. The molecular weight excluding hydrogens is 269 g/mol. The van der Waals surface area contributed by atoms with E-state index in [9.17, 15) is 4.57 Å². The van der Waals surface area contributed by atoms with Crippen LogP contribution in [0.4, 0.5) is 0 Å². The molecule has 0 radical (unpaired) electrons. The number of alkyl halides is 4. The third kappa shape index (κ3) is 6.67. The summed E-state index contributed by atoms with van der Waals surface area (Å²) in [5.74, 6) is 0.0274. The van der Waals surface area contributed by atoms with Gasteiger partial charge in [-0.3, -0.25) is 0 Å². The zero-order valence-electron chi connectivity index (χ0n) is 5.75. The Bertz CT molecular complexity index is 132. The first-order valence-corrected chi connectivity index (χ1v) is 5.84. The Hall–Kier alpha value is 1.18. The minimum atomic E-state index is -2.35. The van der Waals surface area contributed by atoms with E-state index < -0.39 is 19.4 Å². The Morgan fingerprint density at radius 3 is 1.67 bits per heavy atom. The monoisotopic (exact) mass is 273 g/mol. The average Bonchev–Trinajstić information content (AvgIpc) is 2.03. The Morgan fingerprint density at radius 2 is 1.42 bits per heavy atom. The molecule has 0 aromatic heterocycles. The summed E-state index contributed by atoms with van der Waals surface area (Å²) in [7, 11) is -2.35. The summed E-state index contributed by atoms with van der Waals surface area (Å²) in [5, 5.41) is 0. The molecule has 0 aromatic rings. The van der Waals surface area contributed by atoms with Crippen LogP contribution in [0, 0.1) is 0 Å². The van der Waals surface area contributed by atoms with Gasteiger partial charge in [-0.15, -0.1) is 23.2 Å². The summed E-state index contributed by atoms with van der Waals surface area (Å²) in [6, 6.07) is 0. The summed E-state index contributed by atoms with van der Waals surface area (Å²) >= 11 is 21.3. The van der Waals surface area contributed by atoms with Crippen molar-refractivity contribution < 1.29 is 13.6 Å². The lowest BCUT2D eigenvalue weighted by atomic mass is 10.9. The Kier molecular flexibility index (Phi) is 8.32. The normalized spacial score (nSPS) is 17.2. The highest BCUT2D eigenvalue weighted by atomic mass is 35.5. The molecule has 0 saturated carbocycles. The summed E-state index contributed by atoms with van der Waals surface area (Å²) < 4.78 is 19.9. The van der Waals surface area contributed by atoms with Gasteiger partial charge in [0.05, 0.1) is 11.8 Å². The van der Waals surface area contributed by atoms with Crippen molar-refractivity contribution in [3.8, 4) is 0 Å². The number of hydrogen-bond donors (Lipinski definition) is 0. The number of rotatable bonds is 6. The summed E-state index contributed by atoms with van der Waals surface area (Å²) in [4.78, 5) is 0. The maximum absolute atomic E-state index is 10.8. The van der Waals surface area contributed by atoms with Crippen molar-refractivity contribution in [2.75, 3.05) is 11.8 Å². The van der Waals surface area contributed by atoms with Gasteiger partial charge in [-0.05, 0) is 0 Å². The molecule has 0 aliphatic rings. The van der Waals surface area contributed by atoms with Crippen LogP contribution in [0.15, 0.2) is 0 Å². The molecule has 2 unspecified atom stereocenters. The topological polar surface area (TPSA) is 35.5 Å². The Morgan fingerprint density at radius 1 is 1.08 bits per heavy atom. The fraction of sp³-hybridized carbons (Fsp3) is 1.00. The second kappa shape index (κ2) is 7.57. The minimum absolute atomic E-state index is 0.0137. The molecule has 0 rings (SSSR count). The second-order valence-corrected chi connectivity index (χ2v) is 4.02. The van der Waals surface area contributed by atoms with Crippen molar-refractivity contribution in [3.05, 3.63) is 0 Å². The summed E-state index contributed by atoms with van der Waals surface area (Å²) in [5.41, 5.74) is -1.70. The van der Waals surface area contributed by atoms with E-state index in [1.807, 2.05) is 0 Å². The Balaban J connectivity index is 3.59. The van der Waals surface area contributed by atoms with E-state index in [0.717, 1.165) is 0 Å². The van der Waals surface area contributed by atoms with Gasteiger partial charge in [0, 0.05) is 4.57 Å². The quantitative estimate of drug-likeness (QED) is 0.551. The molecule has 0 aromatic carbocycles. The maximum Gasteiger partial charge on any atom is 0.700 e. The molecule has 2 atom stereocenters. The molecule has 3 nitrogen and oxygen atoms in total.